The third-order valence-electron chi connectivity index (χ3n) is 2.94. The van der Waals surface area contributed by atoms with Crippen LogP contribution in [-0.2, 0) is 11.3 Å². The van der Waals surface area contributed by atoms with Crippen molar-refractivity contribution in [1.82, 2.24) is 9.55 Å². The van der Waals surface area contributed by atoms with Gasteiger partial charge in [-0.3, -0.25) is 0 Å². The molecule has 102 valence electrons. The highest BCUT2D eigenvalue weighted by Crippen LogP contribution is 2.14. The topological polar surface area (TPSA) is 27.1 Å². The molecule has 1 aromatic carbocycles. The fourth-order valence-corrected chi connectivity index (χ4v) is 2.04. The normalized spacial score (nSPS) is 11.2. The van der Waals surface area contributed by atoms with Gasteiger partial charge in [-0.05, 0) is 37.5 Å². The van der Waals surface area contributed by atoms with Gasteiger partial charge in [0.2, 0.25) is 0 Å². The molecule has 2 rings (SSSR count). The predicted molar refractivity (Wildman–Crippen MR) is 77.5 cm³/mol. The van der Waals surface area contributed by atoms with Gasteiger partial charge in [0.15, 0.2) is 0 Å². The molecule has 1 heterocycles. The Morgan fingerprint density at radius 3 is 2.37 bits per heavy atom. The quantitative estimate of drug-likeness (QED) is 0.818. The van der Waals surface area contributed by atoms with E-state index in [2.05, 4.69) is 53.9 Å². The lowest BCUT2D eigenvalue weighted by atomic mass is 10.2. The Hall–Kier alpha value is -1.61. The Balaban J connectivity index is 2.04. The summed E-state index contributed by atoms with van der Waals surface area (Å²) in [5.74, 6) is 1.59. The molecular formula is C16H22N2O. The van der Waals surface area contributed by atoms with Crippen molar-refractivity contribution in [1.29, 1.82) is 0 Å². The van der Waals surface area contributed by atoms with Crippen molar-refractivity contribution in [2.45, 2.75) is 34.3 Å². The van der Waals surface area contributed by atoms with E-state index in [0.29, 0.717) is 12.5 Å². The van der Waals surface area contributed by atoms with Crippen molar-refractivity contribution >= 4 is 0 Å². The number of rotatable bonds is 5. The van der Waals surface area contributed by atoms with Gasteiger partial charge in [0, 0.05) is 18.5 Å². The number of imidazole rings is 1. The molecule has 0 unspecified atom stereocenters. The number of aryl methyl sites for hydroxylation is 2. The minimum Gasteiger partial charge on any atom is -0.377 e. The van der Waals surface area contributed by atoms with Gasteiger partial charge in [0.1, 0.15) is 5.82 Å². The minimum atomic E-state index is 0.579. The summed E-state index contributed by atoms with van der Waals surface area (Å²) in [5, 5.41) is 0. The molecule has 0 aliphatic rings. The number of ether oxygens (including phenoxy) is 1. The predicted octanol–water partition coefficient (Wildman–Crippen LogP) is 3.66. The van der Waals surface area contributed by atoms with Crippen LogP contribution in [0.15, 0.2) is 30.5 Å². The van der Waals surface area contributed by atoms with Crippen LogP contribution < -0.4 is 0 Å². The van der Waals surface area contributed by atoms with E-state index in [0.717, 1.165) is 23.8 Å². The molecule has 0 atom stereocenters. The summed E-state index contributed by atoms with van der Waals surface area (Å²) in [6, 6.07) is 8.46. The second-order valence-corrected chi connectivity index (χ2v) is 5.37. The Morgan fingerprint density at radius 1 is 1.16 bits per heavy atom. The molecule has 3 nitrogen and oxygen atoms in total. The van der Waals surface area contributed by atoms with E-state index in [1.807, 2.05) is 13.8 Å². The van der Waals surface area contributed by atoms with Crippen molar-refractivity contribution in [3.63, 3.8) is 0 Å². The van der Waals surface area contributed by atoms with E-state index in [9.17, 15) is 0 Å². The molecule has 0 saturated carbocycles. The molecule has 0 spiro atoms. The van der Waals surface area contributed by atoms with Crippen LogP contribution in [0.25, 0.3) is 5.69 Å². The van der Waals surface area contributed by atoms with Gasteiger partial charge in [-0.1, -0.05) is 26.0 Å². The largest absolute Gasteiger partial charge is 0.377 e. The van der Waals surface area contributed by atoms with Crippen LogP contribution >= 0.6 is 0 Å². The van der Waals surface area contributed by atoms with E-state index in [1.165, 1.54) is 5.56 Å². The lowest BCUT2D eigenvalue weighted by Gasteiger charge is -2.08. The molecule has 19 heavy (non-hydrogen) atoms. The second-order valence-electron chi connectivity index (χ2n) is 5.37. The summed E-state index contributed by atoms with van der Waals surface area (Å²) in [6.07, 6.45) is 2.06. The third kappa shape index (κ3) is 3.67. The van der Waals surface area contributed by atoms with Crippen LogP contribution in [0.4, 0.5) is 0 Å². The maximum Gasteiger partial charge on any atom is 0.110 e. The lowest BCUT2D eigenvalue weighted by molar-refractivity contribution is 0.0971. The van der Waals surface area contributed by atoms with E-state index in [-0.39, 0.29) is 0 Å². The SMILES string of the molecule is Cc1cn(-c2ccc(COCC(C)C)cc2)c(C)n1. The highest BCUT2D eigenvalue weighted by Gasteiger charge is 2.03. The van der Waals surface area contributed by atoms with Crippen LogP contribution in [-0.4, -0.2) is 16.2 Å². The highest BCUT2D eigenvalue weighted by atomic mass is 16.5. The Bertz CT molecular complexity index is 526. The van der Waals surface area contributed by atoms with Crippen LogP contribution in [0.2, 0.25) is 0 Å². The Kier molecular flexibility index (Phi) is 4.38. The van der Waals surface area contributed by atoms with Gasteiger partial charge >= 0.3 is 0 Å². The van der Waals surface area contributed by atoms with Gasteiger partial charge in [-0.2, -0.15) is 0 Å². The van der Waals surface area contributed by atoms with Crippen LogP contribution in [0.5, 0.6) is 0 Å². The Labute approximate surface area is 115 Å². The summed E-state index contributed by atoms with van der Waals surface area (Å²) in [5.41, 5.74) is 3.39. The van der Waals surface area contributed by atoms with Crippen molar-refractivity contribution in [2.75, 3.05) is 6.61 Å². The van der Waals surface area contributed by atoms with Crippen LogP contribution in [0.3, 0.4) is 0 Å². The van der Waals surface area contributed by atoms with Crippen LogP contribution in [0.1, 0.15) is 30.9 Å². The van der Waals surface area contributed by atoms with Gasteiger partial charge in [-0.15, -0.1) is 0 Å². The van der Waals surface area contributed by atoms with E-state index in [1.54, 1.807) is 0 Å². The van der Waals surface area contributed by atoms with Gasteiger partial charge in [-0.25, -0.2) is 4.98 Å². The standard InChI is InChI=1S/C16H22N2O/c1-12(2)10-19-11-15-5-7-16(8-6-15)18-9-13(3)17-14(18)4/h5-9,12H,10-11H2,1-4H3. The number of aromatic nitrogens is 2. The maximum atomic E-state index is 5.64. The van der Waals surface area contributed by atoms with Crippen LogP contribution in [0, 0.1) is 19.8 Å². The summed E-state index contributed by atoms with van der Waals surface area (Å²) >= 11 is 0. The monoisotopic (exact) mass is 258 g/mol. The number of hydrogen-bond donors (Lipinski definition) is 0. The first-order valence-electron chi connectivity index (χ1n) is 6.76. The smallest absolute Gasteiger partial charge is 0.110 e. The molecule has 0 saturated heterocycles. The lowest BCUT2D eigenvalue weighted by Crippen LogP contribution is -2.02. The first kappa shape index (κ1) is 13.8. The van der Waals surface area contributed by atoms with E-state index in [4.69, 9.17) is 4.74 Å². The first-order valence-corrected chi connectivity index (χ1v) is 6.76. The number of nitrogens with zero attached hydrogens (tertiary/aromatic N) is 2. The molecule has 0 amide bonds. The maximum absolute atomic E-state index is 5.64. The first-order chi connectivity index (χ1) is 9.06. The summed E-state index contributed by atoms with van der Waals surface area (Å²) in [6.45, 7) is 9.84. The molecule has 0 aliphatic carbocycles. The van der Waals surface area contributed by atoms with Gasteiger partial charge in [0.25, 0.3) is 0 Å². The van der Waals surface area contributed by atoms with Gasteiger partial charge in [0.05, 0.1) is 12.3 Å². The molecule has 0 aliphatic heterocycles. The minimum absolute atomic E-state index is 0.579. The van der Waals surface area contributed by atoms with Crippen molar-refractivity contribution in [2.24, 2.45) is 5.92 Å². The number of hydrogen-bond acceptors (Lipinski definition) is 2. The Morgan fingerprint density at radius 2 is 1.84 bits per heavy atom. The second kappa shape index (κ2) is 6.02. The summed E-state index contributed by atoms with van der Waals surface area (Å²) in [4.78, 5) is 4.42. The van der Waals surface area contributed by atoms with E-state index < -0.39 is 0 Å². The molecule has 3 heteroatoms. The fraction of sp³-hybridized carbons (Fsp3) is 0.438. The zero-order chi connectivity index (χ0) is 13.8. The zero-order valence-electron chi connectivity index (χ0n) is 12.2. The summed E-state index contributed by atoms with van der Waals surface area (Å²) < 4.78 is 7.74. The molecular weight excluding hydrogens is 236 g/mol. The van der Waals surface area contributed by atoms with E-state index >= 15 is 0 Å². The average molecular weight is 258 g/mol. The number of benzene rings is 1. The molecule has 2 aromatic rings. The molecule has 0 radical (unpaired) electrons. The van der Waals surface area contributed by atoms with Crippen molar-refractivity contribution in [3.05, 3.63) is 47.5 Å². The molecule has 0 N–H and O–H groups in total. The summed E-state index contributed by atoms with van der Waals surface area (Å²) in [7, 11) is 0. The van der Waals surface area contributed by atoms with Gasteiger partial charge < -0.3 is 9.30 Å². The zero-order valence-corrected chi connectivity index (χ0v) is 12.2. The van der Waals surface area contributed by atoms with Crippen molar-refractivity contribution in [3.8, 4) is 5.69 Å². The highest BCUT2D eigenvalue weighted by molar-refractivity contribution is 5.36. The fourth-order valence-electron chi connectivity index (χ4n) is 2.04. The molecule has 0 bridgehead atoms. The third-order valence-corrected chi connectivity index (χ3v) is 2.94. The van der Waals surface area contributed by atoms with Crippen molar-refractivity contribution < 1.29 is 4.74 Å². The molecule has 1 aromatic heterocycles. The molecule has 0 fully saturated rings. The average Bonchev–Trinajstić information content (AvgIpc) is 2.69.